The maximum Gasteiger partial charge on any atom is 0.265 e. The molecule has 6 N–H and O–H groups in total. The highest BCUT2D eigenvalue weighted by atomic mass is 19.1. The van der Waals surface area contributed by atoms with Crippen LogP contribution in [0.4, 0.5) is 33.2 Å². The first-order valence-corrected chi connectivity index (χ1v) is 9.62. The van der Waals surface area contributed by atoms with Crippen LogP contribution in [0.1, 0.15) is 16.8 Å². The third kappa shape index (κ3) is 4.57. The molecule has 0 fully saturated rings. The summed E-state index contributed by atoms with van der Waals surface area (Å²) in [6.45, 7) is -0.175. The Balaban J connectivity index is 1.50. The molecule has 0 radical (unpaired) electrons. The van der Waals surface area contributed by atoms with E-state index in [1.165, 1.54) is 0 Å². The molecule has 2 heterocycles. The molecule has 1 atom stereocenters. The van der Waals surface area contributed by atoms with Gasteiger partial charge in [-0.2, -0.15) is 4.98 Å². The van der Waals surface area contributed by atoms with Crippen LogP contribution < -0.4 is 26.4 Å². The van der Waals surface area contributed by atoms with Gasteiger partial charge in [0.25, 0.3) is 5.91 Å². The molecule has 0 bridgehead atoms. The number of aromatic nitrogens is 2. The van der Waals surface area contributed by atoms with Gasteiger partial charge >= 0.3 is 0 Å². The second-order valence-corrected chi connectivity index (χ2v) is 6.90. The molecule has 2 amide bonds. The van der Waals surface area contributed by atoms with Crippen molar-refractivity contribution in [1.82, 2.24) is 9.97 Å². The van der Waals surface area contributed by atoms with Crippen LogP contribution in [0.15, 0.2) is 48.7 Å². The standard InChI is InChI=1S/C21H19FN6O4/c22-14-10-24-21(26-12-3-1-11(2-4-12)18(23)30)28-19(14)25-13-5-6-16-15(9-13)27-20(31)17(32-16)7-8-29/h1-6,9-10,17,29H,7-8H2,(H2,23,30)(H,27,31)(H2,24,25,26,28)/t17-/m1/s1. The number of nitrogens with two attached hydrogens (primary N) is 1. The summed E-state index contributed by atoms with van der Waals surface area (Å²) < 4.78 is 19.9. The molecule has 11 heteroatoms. The molecule has 164 valence electrons. The number of carbonyl (C=O) groups is 2. The Morgan fingerprint density at radius 1 is 1.19 bits per heavy atom. The summed E-state index contributed by atoms with van der Waals surface area (Å²) >= 11 is 0. The van der Waals surface area contributed by atoms with Gasteiger partial charge in [-0.1, -0.05) is 0 Å². The Morgan fingerprint density at radius 2 is 1.94 bits per heavy atom. The summed E-state index contributed by atoms with van der Waals surface area (Å²) in [6.07, 6.45) is 0.424. The predicted octanol–water partition coefficient (Wildman–Crippen LogP) is 2.28. The highest BCUT2D eigenvalue weighted by Crippen LogP contribution is 2.34. The number of amides is 2. The van der Waals surface area contributed by atoms with Crippen LogP contribution in [0.25, 0.3) is 0 Å². The van der Waals surface area contributed by atoms with Crippen LogP contribution in [0.3, 0.4) is 0 Å². The molecule has 10 nitrogen and oxygen atoms in total. The van der Waals surface area contributed by atoms with Crippen molar-refractivity contribution >= 4 is 40.6 Å². The van der Waals surface area contributed by atoms with Gasteiger partial charge in [-0.3, -0.25) is 9.59 Å². The smallest absolute Gasteiger partial charge is 0.265 e. The number of fused-ring (bicyclic) bond motifs is 1. The summed E-state index contributed by atoms with van der Waals surface area (Å²) in [7, 11) is 0. The molecule has 0 spiro atoms. The molecule has 0 saturated heterocycles. The highest BCUT2D eigenvalue weighted by molar-refractivity contribution is 5.98. The van der Waals surface area contributed by atoms with Crippen molar-refractivity contribution in [1.29, 1.82) is 0 Å². The van der Waals surface area contributed by atoms with Gasteiger partial charge < -0.3 is 31.5 Å². The van der Waals surface area contributed by atoms with Crippen LogP contribution in [-0.4, -0.2) is 39.6 Å². The molecule has 0 aliphatic carbocycles. The zero-order valence-corrected chi connectivity index (χ0v) is 16.6. The SMILES string of the molecule is NC(=O)c1ccc(Nc2ncc(F)c(Nc3ccc4c(c3)NC(=O)[C@@H](CCO)O4)n2)cc1. The number of aliphatic hydroxyl groups is 1. The van der Waals surface area contributed by atoms with Crippen LogP contribution in [-0.2, 0) is 4.79 Å². The van der Waals surface area contributed by atoms with Gasteiger partial charge in [-0.05, 0) is 42.5 Å². The lowest BCUT2D eigenvalue weighted by molar-refractivity contribution is -0.124. The van der Waals surface area contributed by atoms with Gasteiger partial charge in [-0.25, -0.2) is 9.37 Å². The Labute approximate surface area is 181 Å². The van der Waals surface area contributed by atoms with Crippen molar-refractivity contribution in [2.75, 3.05) is 22.6 Å². The molecule has 4 rings (SSSR count). The molecule has 2 aromatic carbocycles. The number of rotatable bonds is 7. The van der Waals surface area contributed by atoms with E-state index in [-0.39, 0.29) is 30.7 Å². The first-order valence-electron chi connectivity index (χ1n) is 9.62. The topological polar surface area (TPSA) is 151 Å². The van der Waals surface area contributed by atoms with Gasteiger partial charge in [0, 0.05) is 30.0 Å². The number of primary amides is 1. The Hall–Kier alpha value is -4.25. The van der Waals surface area contributed by atoms with Crippen molar-refractivity contribution in [2.24, 2.45) is 5.73 Å². The van der Waals surface area contributed by atoms with Crippen LogP contribution in [0.2, 0.25) is 0 Å². The van der Waals surface area contributed by atoms with E-state index in [2.05, 4.69) is 25.9 Å². The molecule has 1 aliphatic heterocycles. The molecular formula is C21H19FN6O4. The first-order chi connectivity index (χ1) is 15.4. The largest absolute Gasteiger partial charge is 0.478 e. The van der Waals surface area contributed by atoms with Crippen molar-refractivity contribution in [3.63, 3.8) is 0 Å². The highest BCUT2D eigenvalue weighted by Gasteiger charge is 2.27. The summed E-state index contributed by atoms with van der Waals surface area (Å²) in [5.41, 5.74) is 7.03. The number of ether oxygens (including phenoxy) is 1. The monoisotopic (exact) mass is 438 g/mol. The Kier molecular flexibility index (Phi) is 5.81. The number of aliphatic hydroxyl groups excluding tert-OH is 1. The fraction of sp³-hybridized carbons (Fsp3) is 0.143. The minimum Gasteiger partial charge on any atom is -0.478 e. The third-order valence-corrected chi connectivity index (χ3v) is 4.62. The number of carbonyl (C=O) groups excluding carboxylic acids is 2. The number of hydrogen-bond acceptors (Lipinski definition) is 8. The Bertz CT molecular complexity index is 1170. The number of nitrogens with one attached hydrogen (secondary N) is 3. The van der Waals surface area contributed by atoms with E-state index in [4.69, 9.17) is 15.6 Å². The molecule has 1 aliphatic rings. The minimum absolute atomic E-state index is 0.0857. The minimum atomic E-state index is -0.767. The summed E-state index contributed by atoms with van der Waals surface area (Å²) in [4.78, 5) is 31.3. The van der Waals surface area contributed by atoms with E-state index in [1.807, 2.05) is 0 Å². The lowest BCUT2D eigenvalue weighted by Crippen LogP contribution is -2.37. The van der Waals surface area contributed by atoms with E-state index in [1.54, 1.807) is 42.5 Å². The lowest BCUT2D eigenvalue weighted by Gasteiger charge is -2.25. The van der Waals surface area contributed by atoms with Crippen molar-refractivity contribution in [3.05, 3.63) is 60.0 Å². The maximum atomic E-state index is 14.3. The number of nitrogens with zero attached hydrogens (tertiary/aromatic N) is 2. The molecule has 32 heavy (non-hydrogen) atoms. The van der Waals surface area contributed by atoms with Crippen molar-refractivity contribution in [3.8, 4) is 5.75 Å². The first kappa shape index (κ1) is 21.0. The zero-order valence-electron chi connectivity index (χ0n) is 16.6. The normalized spacial score (nSPS) is 14.7. The van der Waals surface area contributed by atoms with E-state index < -0.39 is 17.8 Å². The summed E-state index contributed by atoms with van der Waals surface area (Å²) in [5.74, 6) is -1.11. The van der Waals surface area contributed by atoms with Crippen molar-refractivity contribution in [2.45, 2.75) is 12.5 Å². The second kappa shape index (κ2) is 8.86. The van der Waals surface area contributed by atoms with Gasteiger partial charge in [0.15, 0.2) is 17.7 Å². The second-order valence-electron chi connectivity index (χ2n) is 6.90. The maximum absolute atomic E-state index is 14.3. The number of hydrogen-bond donors (Lipinski definition) is 5. The van der Waals surface area contributed by atoms with E-state index in [0.29, 0.717) is 28.4 Å². The van der Waals surface area contributed by atoms with Gasteiger partial charge in [0.05, 0.1) is 11.9 Å². The lowest BCUT2D eigenvalue weighted by atomic mass is 10.1. The molecule has 0 saturated carbocycles. The van der Waals surface area contributed by atoms with Crippen LogP contribution in [0.5, 0.6) is 5.75 Å². The van der Waals surface area contributed by atoms with Crippen LogP contribution >= 0.6 is 0 Å². The van der Waals surface area contributed by atoms with E-state index >= 15 is 0 Å². The van der Waals surface area contributed by atoms with Crippen molar-refractivity contribution < 1.29 is 23.8 Å². The predicted molar refractivity (Wildman–Crippen MR) is 115 cm³/mol. The summed E-state index contributed by atoms with van der Waals surface area (Å²) in [5, 5.41) is 17.5. The molecule has 1 aromatic heterocycles. The van der Waals surface area contributed by atoms with Gasteiger partial charge in [-0.15, -0.1) is 0 Å². The fourth-order valence-electron chi connectivity index (χ4n) is 3.03. The van der Waals surface area contributed by atoms with E-state index in [0.717, 1.165) is 6.20 Å². The fourth-order valence-corrected chi connectivity index (χ4v) is 3.03. The zero-order chi connectivity index (χ0) is 22.7. The third-order valence-electron chi connectivity index (χ3n) is 4.62. The molecule has 3 aromatic rings. The quantitative estimate of drug-likeness (QED) is 0.377. The average Bonchev–Trinajstić information content (AvgIpc) is 2.77. The molecule has 0 unspecified atom stereocenters. The molecular weight excluding hydrogens is 419 g/mol. The van der Waals surface area contributed by atoms with Crippen LogP contribution in [0, 0.1) is 5.82 Å². The number of anilines is 5. The number of halogens is 1. The van der Waals surface area contributed by atoms with E-state index in [9.17, 15) is 14.0 Å². The summed E-state index contributed by atoms with van der Waals surface area (Å²) in [6, 6.07) is 11.2. The average molecular weight is 438 g/mol. The van der Waals surface area contributed by atoms with Gasteiger partial charge in [0.2, 0.25) is 11.9 Å². The number of benzene rings is 2. The van der Waals surface area contributed by atoms with Gasteiger partial charge in [0.1, 0.15) is 5.75 Å². The Morgan fingerprint density at radius 3 is 2.66 bits per heavy atom.